The standard InChI is InChI=1S/C4H12F4N2P2SSi/c1-10(14(2,3)4)11(5,6)9-12(7,8)13/h1-4H3. The van der Waals surface area contributed by atoms with Crippen molar-refractivity contribution in [1.82, 2.24) is 4.34 Å². The minimum atomic E-state index is -5.17. The molecule has 0 N–H and O–H groups in total. The SMILES string of the molecule is CN([Si](C)(C)C)P(F)(F)=NP(F)(F)=S. The van der Waals surface area contributed by atoms with E-state index in [0.29, 0.717) is 4.34 Å². The molecule has 0 aromatic heterocycles. The minimum Gasteiger partial charge on any atom is -0.244 e. The van der Waals surface area contributed by atoms with Gasteiger partial charge in [0.2, 0.25) is 0 Å². The molecule has 0 aliphatic heterocycles. The summed E-state index contributed by atoms with van der Waals surface area (Å²) in [5.74, 6) is 0. The van der Waals surface area contributed by atoms with E-state index in [-0.39, 0.29) is 0 Å². The predicted molar refractivity (Wildman–Crippen MR) is 59.2 cm³/mol. The largest absolute Gasteiger partial charge is 0.388 e. The van der Waals surface area contributed by atoms with Crippen LogP contribution < -0.4 is 0 Å². The van der Waals surface area contributed by atoms with E-state index in [1.165, 1.54) is 0 Å². The van der Waals surface area contributed by atoms with Crippen LogP contribution in [0.2, 0.25) is 19.6 Å². The maximum absolute atomic E-state index is 13.2. The lowest BCUT2D eigenvalue weighted by molar-refractivity contribution is 0.606. The van der Waals surface area contributed by atoms with Crippen molar-refractivity contribution in [2.24, 2.45) is 4.52 Å². The normalized spacial score (nSPS) is 14.6. The zero-order valence-electron chi connectivity index (χ0n) is 8.21. The van der Waals surface area contributed by atoms with Gasteiger partial charge in [-0.3, -0.25) is 0 Å². The Morgan fingerprint density at radius 3 is 1.71 bits per heavy atom. The van der Waals surface area contributed by atoms with Crippen molar-refractivity contribution in [1.29, 1.82) is 0 Å². The van der Waals surface area contributed by atoms with Crippen LogP contribution in [0.3, 0.4) is 0 Å². The molecule has 0 saturated carbocycles. The second-order valence-electron chi connectivity index (χ2n) is 3.67. The molecule has 10 heteroatoms. The summed E-state index contributed by atoms with van der Waals surface area (Å²) in [7, 11) is -6.25. The van der Waals surface area contributed by atoms with Gasteiger partial charge in [-0.1, -0.05) is 19.6 Å². The van der Waals surface area contributed by atoms with Crippen molar-refractivity contribution < 1.29 is 16.8 Å². The quantitative estimate of drug-likeness (QED) is 0.420. The predicted octanol–water partition coefficient (Wildman–Crippen LogP) is 4.80. The Bertz CT molecular complexity index is 305. The van der Waals surface area contributed by atoms with Gasteiger partial charge in [0.1, 0.15) is 8.24 Å². The van der Waals surface area contributed by atoms with Gasteiger partial charge >= 0.3 is 14.6 Å². The van der Waals surface area contributed by atoms with Crippen molar-refractivity contribution in [2.75, 3.05) is 7.05 Å². The fourth-order valence-corrected chi connectivity index (χ4v) is 6.07. The van der Waals surface area contributed by atoms with E-state index in [9.17, 15) is 16.8 Å². The van der Waals surface area contributed by atoms with E-state index in [1.54, 1.807) is 19.6 Å². The van der Waals surface area contributed by atoms with Crippen LogP contribution in [-0.2, 0) is 11.8 Å². The van der Waals surface area contributed by atoms with Crippen molar-refractivity contribution in [3.63, 3.8) is 0 Å². The van der Waals surface area contributed by atoms with Gasteiger partial charge in [0.25, 0.3) is 0 Å². The Kier molecular flexibility index (Phi) is 4.58. The summed E-state index contributed by atoms with van der Waals surface area (Å²) >= 11 is 3.62. The molecular formula is C4H12F4N2P2SSi. The highest BCUT2D eigenvalue weighted by Crippen LogP contribution is 2.68. The molecule has 0 saturated heterocycles. The lowest BCUT2D eigenvalue weighted by Crippen LogP contribution is -2.38. The first-order valence-electron chi connectivity index (χ1n) is 3.63. The fraction of sp³-hybridized carbons (Fsp3) is 1.00. The molecule has 2 nitrogen and oxygen atoms in total. The molecule has 0 aromatic rings. The Labute approximate surface area is 87.4 Å². The maximum atomic E-state index is 13.2. The molecule has 0 bridgehead atoms. The molecule has 0 rings (SSSR count). The van der Waals surface area contributed by atoms with Crippen LogP contribution in [-0.4, -0.2) is 19.6 Å². The highest BCUT2D eigenvalue weighted by Gasteiger charge is 2.37. The van der Waals surface area contributed by atoms with Crippen LogP contribution in [0.1, 0.15) is 0 Å². The first-order valence-corrected chi connectivity index (χ1v) is 11.1. The number of hydrogen-bond acceptors (Lipinski definition) is 1. The fourth-order valence-electron chi connectivity index (χ4n) is 0.546. The summed E-state index contributed by atoms with van der Waals surface area (Å²) in [4.78, 5) is 0. The molecule has 0 spiro atoms. The molecule has 0 fully saturated rings. The van der Waals surface area contributed by atoms with Crippen molar-refractivity contribution in [2.45, 2.75) is 19.6 Å². The van der Waals surface area contributed by atoms with Crippen LogP contribution in [0.4, 0.5) is 16.8 Å². The molecule has 14 heavy (non-hydrogen) atoms. The van der Waals surface area contributed by atoms with E-state index < -0.39 is 22.9 Å². The number of hydrogen-bond donors (Lipinski definition) is 0. The molecule has 0 heterocycles. The molecule has 86 valence electrons. The topological polar surface area (TPSA) is 15.6 Å². The molecule has 0 radical (unpaired) electrons. The van der Waals surface area contributed by atoms with E-state index in [0.717, 1.165) is 7.05 Å². The van der Waals surface area contributed by atoms with Gasteiger partial charge in [0, 0.05) is 0 Å². The summed E-state index contributed by atoms with van der Waals surface area (Å²) in [5.41, 5.74) is 0. The van der Waals surface area contributed by atoms with Gasteiger partial charge in [-0.05, 0) is 18.9 Å². The lowest BCUT2D eigenvalue weighted by atomic mass is 11.6. The zero-order chi connectivity index (χ0) is 11.8. The van der Waals surface area contributed by atoms with Gasteiger partial charge < -0.3 is 0 Å². The summed E-state index contributed by atoms with van der Waals surface area (Å²) in [6, 6.07) is 0. The third-order valence-electron chi connectivity index (χ3n) is 1.54. The van der Waals surface area contributed by atoms with Crippen LogP contribution in [0.25, 0.3) is 0 Å². The summed E-state index contributed by atoms with van der Waals surface area (Å²) in [5, 5.41) is 0. The van der Waals surface area contributed by atoms with Gasteiger partial charge in [-0.15, -0.1) is 4.52 Å². The van der Waals surface area contributed by atoms with Gasteiger partial charge in [0.15, 0.2) is 0 Å². The van der Waals surface area contributed by atoms with E-state index in [2.05, 4.69) is 16.3 Å². The monoisotopic (exact) mass is 286 g/mol. The van der Waals surface area contributed by atoms with Crippen LogP contribution in [0, 0.1) is 0 Å². The minimum absolute atomic E-state index is 0.709. The van der Waals surface area contributed by atoms with Gasteiger partial charge in [-0.2, -0.15) is 16.8 Å². The lowest BCUT2D eigenvalue weighted by Gasteiger charge is -2.30. The molecular weight excluding hydrogens is 274 g/mol. The van der Waals surface area contributed by atoms with Crippen molar-refractivity contribution in [3.8, 4) is 0 Å². The van der Waals surface area contributed by atoms with Crippen molar-refractivity contribution in [3.05, 3.63) is 0 Å². The first kappa shape index (κ1) is 14.8. The third-order valence-corrected chi connectivity index (χ3v) is 9.08. The Morgan fingerprint density at radius 2 is 1.50 bits per heavy atom. The maximum Gasteiger partial charge on any atom is 0.388 e. The first-order chi connectivity index (χ1) is 5.86. The molecule has 0 amide bonds. The van der Waals surface area contributed by atoms with E-state index in [4.69, 9.17) is 0 Å². The van der Waals surface area contributed by atoms with Crippen LogP contribution in [0.15, 0.2) is 4.52 Å². The van der Waals surface area contributed by atoms with E-state index >= 15 is 0 Å². The molecule has 0 atom stereocenters. The second kappa shape index (κ2) is 4.34. The third kappa shape index (κ3) is 5.03. The van der Waals surface area contributed by atoms with Crippen molar-refractivity contribution >= 4 is 34.7 Å². The average Bonchev–Trinajstić information content (AvgIpc) is 1.78. The molecule has 0 aliphatic rings. The molecule has 0 aromatic carbocycles. The van der Waals surface area contributed by atoms with Gasteiger partial charge in [0.05, 0.1) is 0 Å². The zero-order valence-corrected chi connectivity index (χ0v) is 11.8. The second-order valence-corrected chi connectivity index (χ2v) is 13.5. The number of halogens is 4. The highest BCUT2D eigenvalue weighted by atomic mass is 32.5. The molecule has 0 unspecified atom stereocenters. The highest BCUT2D eigenvalue weighted by molar-refractivity contribution is 8.10. The summed E-state index contributed by atoms with van der Waals surface area (Å²) < 4.78 is 53.9. The Hall–Kier alpha value is 0.777. The summed E-state index contributed by atoms with van der Waals surface area (Å²) in [6.45, 7) is -0.266. The van der Waals surface area contributed by atoms with Crippen LogP contribution in [0.5, 0.6) is 0 Å². The molecule has 0 aliphatic carbocycles. The van der Waals surface area contributed by atoms with E-state index in [1.807, 2.05) is 0 Å². The number of nitrogens with zero attached hydrogens (tertiary/aromatic N) is 2. The van der Waals surface area contributed by atoms with Crippen LogP contribution >= 0.6 is 14.6 Å². The Morgan fingerprint density at radius 1 is 1.14 bits per heavy atom. The smallest absolute Gasteiger partial charge is 0.244 e. The number of rotatable bonds is 3. The Balaban J connectivity index is 5.18. The summed E-state index contributed by atoms with van der Waals surface area (Å²) in [6.07, 6.45) is 0. The van der Waals surface area contributed by atoms with Gasteiger partial charge in [-0.25, -0.2) is 4.34 Å². The average molecular weight is 286 g/mol.